The summed E-state index contributed by atoms with van der Waals surface area (Å²) in [6.45, 7) is 2.24. The Bertz CT molecular complexity index is 589. The Kier molecular flexibility index (Phi) is 7.04. The number of carbonyl (C=O) groups excluding carboxylic acids is 2. The molecule has 0 aliphatic carbocycles. The number of imidazole rings is 1. The molecular formula is C14H17ClN4O3. The Labute approximate surface area is 134 Å². The van der Waals surface area contributed by atoms with E-state index in [-0.39, 0.29) is 37.2 Å². The van der Waals surface area contributed by atoms with Gasteiger partial charge in [0, 0.05) is 12.7 Å². The van der Waals surface area contributed by atoms with E-state index in [1.54, 1.807) is 31.3 Å². The molecule has 0 radical (unpaired) electrons. The van der Waals surface area contributed by atoms with Crippen LogP contribution < -0.4 is 4.90 Å². The molecule has 0 saturated heterocycles. The number of pyridine rings is 1. The minimum Gasteiger partial charge on any atom is -0.466 e. The van der Waals surface area contributed by atoms with Crippen LogP contribution in [0.2, 0.25) is 0 Å². The largest absolute Gasteiger partial charge is 0.466 e. The molecule has 0 unspecified atom stereocenters. The maximum atomic E-state index is 12.4. The second-order valence-electron chi connectivity index (χ2n) is 4.17. The summed E-state index contributed by atoms with van der Waals surface area (Å²) in [7, 11) is 0. The Morgan fingerprint density at radius 2 is 2.18 bits per heavy atom. The van der Waals surface area contributed by atoms with E-state index in [9.17, 15) is 9.59 Å². The van der Waals surface area contributed by atoms with Gasteiger partial charge in [0.1, 0.15) is 11.5 Å². The highest BCUT2D eigenvalue weighted by molar-refractivity contribution is 6.04. The number of halogens is 1. The molecule has 2 aromatic heterocycles. The highest BCUT2D eigenvalue weighted by Crippen LogP contribution is 2.13. The van der Waals surface area contributed by atoms with E-state index in [2.05, 4.69) is 15.0 Å². The molecule has 2 rings (SSSR count). The second kappa shape index (κ2) is 8.78. The van der Waals surface area contributed by atoms with Crippen molar-refractivity contribution >= 4 is 30.1 Å². The van der Waals surface area contributed by atoms with Crippen LogP contribution in [0.25, 0.3) is 0 Å². The summed E-state index contributed by atoms with van der Waals surface area (Å²) >= 11 is 0. The van der Waals surface area contributed by atoms with Crippen LogP contribution in [0.5, 0.6) is 0 Å². The summed E-state index contributed by atoms with van der Waals surface area (Å²) in [6, 6.07) is 5.24. The van der Waals surface area contributed by atoms with Gasteiger partial charge in [0.05, 0.1) is 25.6 Å². The molecule has 2 aromatic rings. The van der Waals surface area contributed by atoms with E-state index in [4.69, 9.17) is 4.74 Å². The monoisotopic (exact) mass is 324 g/mol. The van der Waals surface area contributed by atoms with Gasteiger partial charge in [-0.15, -0.1) is 12.4 Å². The average Bonchev–Trinajstić information content (AvgIpc) is 3.03. The van der Waals surface area contributed by atoms with Crippen LogP contribution in [0.3, 0.4) is 0 Å². The first kappa shape index (κ1) is 17.6. The van der Waals surface area contributed by atoms with Crippen LogP contribution in [0.4, 0.5) is 5.82 Å². The van der Waals surface area contributed by atoms with E-state index < -0.39 is 0 Å². The van der Waals surface area contributed by atoms with Gasteiger partial charge in [-0.1, -0.05) is 6.07 Å². The number of rotatable bonds is 6. The maximum absolute atomic E-state index is 12.4. The number of aromatic nitrogens is 3. The first-order valence-corrected chi connectivity index (χ1v) is 6.59. The molecule has 0 bridgehead atoms. The molecule has 1 amide bonds. The van der Waals surface area contributed by atoms with Crippen LogP contribution in [-0.2, 0) is 9.53 Å². The van der Waals surface area contributed by atoms with Gasteiger partial charge in [-0.3, -0.25) is 14.5 Å². The molecule has 8 heteroatoms. The smallest absolute Gasteiger partial charge is 0.307 e. The highest BCUT2D eigenvalue weighted by Gasteiger charge is 2.20. The van der Waals surface area contributed by atoms with Crippen LogP contribution in [0.1, 0.15) is 23.8 Å². The molecule has 0 fully saturated rings. The zero-order valence-electron chi connectivity index (χ0n) is 12.1. The van der Waals surface area contributed by atoms with E-state index in [1.165, 1.54) is 17.4 Å². The summed E-state index contributed by atoms with van der Waals surface area (Å²) in [5.41, 5.74) is 0.338. The van der Waals surface area contributed by atoms with Crippen molar-refractivity contribution in [1.29, 1.82) is 0 Å². The summed E-state index contributed by atoms with van der Waals surface area (Å²) in [6.07, 6.45) is 4.55. The first-order chi connectivity index (χ1) is 10.2. The third-order valence-corrected chi connectivity index (χ3v) is 2.74. The van der Waals surface area contributed by atoms with Gasteiger partial charge in [0.25, 0.3) is 5.91 Å². The number of hydrogen-bond donors (Lipinski definition) is 1. The third-order valence-electron chi connectivity index (χ3n) is 2.74. The molecule has 0 saturated carbocycles. The topological polar surface area (TPSA) is 88.2 Å². The van der Waals surface area contributed by atoms with Crippen molar-refractivity contribution in [2.45, 2.75) is 13.3 Å². The lowest BCUT2D eigenvalue weighted by Crippen LogP contribution is -2.34. The predicted molar refractivity (Wildman–Crippen MR) is 83.0 cm³/mol. The Morgan fingerprint density at radius 1 is 1.36 bits per heavy atom. The van der Waals surface area contributed by atoms with Gasteiger partial charge < -0.3 is 9.72 Å². The third kappa shape index (κ3) is 4.56. The molecule has 0 aliphatic rings. The lowest BCUT2D eigenvalue weighted by atomic mass is 10.3. The quantitative estimate of drug-likeness (QED) is 0.819. The Hall–Kier alpha value is -2.41. The molecule has 0 aromatic carbocycles. The summed E-state index contributed by atoms with van der Waals surface area (Å²) in [5, 5.41) is 0. The number of esters is 1. The molecule has 7 nitrogen and oxygen atoms in total. The van der Waals surface area contributed by atoms with E-state index in [0.29, 0.717) is 18.1 Å². The van der Waals surface area contributed by atoms with Crippen molar-refractivity contribution in [3.63, 3.8) is 0 Å². The lowest BCUT2D eigenvalue weighted by molar-refractivity contribution is -0.142. The number of hydrogen-bond acceptors (Lipinski definition) is 5. The van der Waals surface area contributed by atoms with Crippen molar-refractivity contribution in [2.24, 2.45) is 0 Å². The van der Waals surface area contributed by atoms with E-state index in [1.807, 2.05) is 0 Å². The fourth-order valence-electron chi connectivity index (χ4n) is 1.79. The SMILES string of the molecule is CCOC(=O)CCN(C(=O)c1cnc[nH]1)c1ccccn1.Cl. The molecule has 2 heterocycles. The van der Waals surface area contributed by atoms with E-state index >= 15 is 0 Å². The van der Waals surface area contributed by atoms with Gasteiger partial charge >= 0.3 is 5.97 Å². The van der Waals surface area contributed by atoms with Crippen molar-refractivity contribution in [1.82, 2.24) is 15.0 Å². The fourth-order valence-corrected chi connectivity index (χ4v) is 1.79. The molecule has 22 heavy (non-hydrogen) atoms. The standard InChI is InChI=1S/C14H16N4O3.ClH/c1-2-21-13(19)6-8-18(12-5-3-4-7-16-12)14(20)11-9-15-10-17-11;/h3-5,7,9-10H,2,6,8H2,1H3,(H,15,17);1H. The average molecular weight is 325 g/mol. The van der Waals surface area contributed by atoms with Crippen LogP contribution in [-0.4, -0.2) is 40.0 Å². The number of nitrogens with one attached hydrogen (secondary N) is 1. The molecule has 0 aliphatic heterocycles. The Morgan fingerprint density at radius 3 is 2.77 bits per heavy atom. The van der Waals surface area contributed by atoms with Crippen LogP contribution in [0.15, 0.2) is 36.9 Å². The second-order valence-corrected chi connectivity index (χ2v) is 4.17. The number of H-pyrrole nitrogens is 1. The number of nitrogens with zero attached hydrogens (tertiary/aromatic N) is 3. The van der Waals surface area contributed by atoms with Gasteiger partial charge in [-0.05, 0) is 19.1 Å². The number of aromatic amines is 1. The van der Waals surface area contributed by atoms with Gasteiger partial charge in [0.15, 0.2) is 0 Å². The summed E-state index contributed by atoms with van der Waals surface area (Å²) in [5.74, 6) is -0.173. The fraction of sp³-hybridized carbons (Fsp3) is 0.286. The van der Waals surface area contributed by atoms with Crippen LogP contribution >= 0.6 is 12.4 Å². The lowest BCUT2D eigenvalue weighted by Gasteiger charge is -2.20. The Balaban J connectivity index is 0.00000242. The molecular weight excluding hydrogens is 308 g/mol. The zero-order chi connectivity index (χ0) is 15.1. The van der Waals surface area contributed by atoms with Crippen molar-refractivity contribution in [3.8, 4) is 0 Å². The molecule has 0 spiro atoms. The molecule has 0 atom stereocenters. The summed E-state index contributed by atoms with van der Waals surface area (Å²) < 4.78 is 4.88. The summed E-state index contributed by atoms with van der Waals surface area (Å²) in [4.78, 5) is 36.1. The molecule has 1 N–H and O–H groups in total. The number of amides is 1. The minimum atomic E-state index is -0.351. The minimum absolute atomic E-state index is 0. The first-order valence-electron chi connectivity index (χ1n) is 6.59. The maximum Gasteiger partial charge on any atom is 0.307 e. The normalized spacial score (nSPS) is 9.68. The zero-order valence-corrected chi connectivity index (χ0v) is 12.9. The van der Waals surface area contributed by atoms with Gasteiger partial charge in [-0.2, -0.15) is 0 Å². The van der Waals surface area contributed by atoms with Gasteiger partial charge in [0.2, 0.25) is 0 Å². The number of anilines is 1. The van der Waals surface area contributed by atoms with Gasteiger partial charge in [-0.25, -0.2) is 9.97 Å². The highest BCUT2D eigenvalue weighted by atomic mass is 35.5. The predicted octanol–water partition coefficient (Wildman–Crippen LogP) is 1.83. The number of carbonyl (C=O) groups is 2. The van der Waals surface area contributed by atoms with Crippen molar-refractivity contribution in [3.05, 3.63) is 42.6 Å². The van der Waals surface area contributed by atoms with E-state index in [0.717, 1.165) is 0 Å². The van der Waals surface area contributed by atoms with Crippen LogP contribution in [0, 0.1) is 0 Å². The van der Waals surface area contributed by atoms with Crippen molar-refractivity contribution < 1.29 is 14.3 Å². The van der Waals surface area contributed by atoms with Crippen molar-refractivity contribution in [2.75, 3.05) is 18.1 Å². The number of ether oxygens (including phenoxy) is 1. The molecule has 118 valence electrons.